The standard InChI is InChI=1S/C34H28N6O11S3/c1-16-11-18(3-7-25(16)37-39-27-9-5-22-28(53(46,47)48)10-6-23(35)31(22)33(27)41)19-4-8-26(17(2)12-19)38-40-32-29(54(49,50)51)14-20-13-21(52(43,44)45)15-24(36)30(20)34(32)42/h3-15,37-38H,35-36H2,1-2H3,(H,43,44,45)(H,46,47,48)(H,49,50,51)/b39-27+,40-32+. The average molecular weight is 793 g/mol. The number of rotatable bonds is 8. The van der Waals surface area contributed by atoms with Crippen molar-refractivity contribution in [3.63, 3.8) is 0 Å². The van der Waals surface area contributed by atoms with Crippen LogP contribution in [0.2, 0.25) is 0 Å². The first kappa shape index (κ1) is 37.7. The number of nitrogen functional groups attached to an aromatic ring is 2. The molecule has 0 aromatic heterocycles. The predicted molar refractivity (Wildman–Crippen MR) is 202 cm³/mol. The summed E-state index contributed by atoms with van der Waals surface area (Å²) < 4.78 is 100. The number of hydrogen-bond acceptors (Lipinski definition) is 14. The highest BCUT2D eigenvalue weighted by Crippen LogP contribution is 2.34. The first-order chi connectivity index (χ1) is 25.1. The van der Waals surface area contributed by atoms with E-state index < -0.39 is 62.3 Å². The van der Waals surface area contributed by atoms with Crippen LogP contribution in [0.15, 0.2) is 91.6 Å². The third kappa shape index (κ3) is 7.16. The summed E-state index contributed by atoms with van der Waals surface area (Å²) in [6.07, 6.45) is 3.45. The molecule has 0 spiro atoms. The van der Waals surface area contributed by atoms with Gasteiger partial charge in [-0.05, 0) is 102 Å². The SMILES string of the molecule is Cc1cc(-c2ccc(N/N=C3\C=Cc4c(S(=O)(=O)O)ccc(N)c4C3=O)c(C)c2)ccc1N/N=C1/C(=O)c2c(N)cc(S(=O)(=O)O)cc2C=C1S(=O)(=O)O. The molecular formula is C34H28N6O11S3. The van der Waals surface area contributed by atoms with E-state index in [-0.39, 0.29) is 39.3 Å². The van der Waals surface area contributed by atoms with Gasteiger partial charge in [0, 0.05) is 16.9 Å². The van der Waals surface area contributed by atoms with E-state index in [9.17, 15) is 48.5 Å². The molecule has 2 aliphatic carbocycles. The van der Waals surface area contributed by atoms with Gasteiger partial charge in [-0.3, -0.25) is 34.1 Å². The predicted octanol–water partition coefficient (Wildman–Crippen LogP) is 4.20. The number of benzene rings is 4. The zero-order chi connectivity index (χ0) is 39.5. The lowest BCUT2D eigenvalue weighted by atomic mass is 9.93. The molecule has 0 atom stereocenters. The Bertz CT molecular complexity index is 2830. The van der Waals surface area contributed by atoms with Crippen LogP contribution in [0.1, 0.15) is 43.0 Å². The topological polar surface area (TPSA) is 298 Å². The van der Waals surface area contributed by atoms with Gasteiger partial charge >= 0.3 is 0 Å². The van der Waals surface area contributed by atoms with Gasteiger partial charge in [0.2, 0.25) is 11.6 Å². The minimum Gasteiger partial charge on any atom is -0.398 e. The molecule has 4 aromatic carbocycles. The number of nitrogens with two attached hydrogens (primary N) is 2. The molecule has 0 unspecified atom stereocenters. The summed E-state index contributed by atoms with van der Waals surface area (Å²) in [5.41, 5.74) is 19.3. The number of nitrogens with one attached hydrogen (secondary N) is 2. The Morgan fingerprint density at radius 1 is 0.630 bits per heavy atom. The summed E-state index contributed by atoms with van der Waals surface area (Å²) >= 11 is 0. The minimum atomic E-state index is -5.06. The maximum atomic E-state index is 13.4. The molecule has 9 N–H and O–H groups in total. The molecule has 0 heterocycles. The van der Waals surface area contributed by atoms with Gasteiger partial charge in [0.25, 0.3) is 30.4 Å². The Balaban J connectivity index is 1.23. The molecular weight excluding hydrogens is 765 g/mol. The van der Waals surface area contributed by atoms with Gasteiger partial charge in [-0.15, -0.1) is 0 Å². The zero-order valence-corrected chi connectivity index (χ0v) is 30.3. The number of ketones is 2. The lowest BCUT2D eigenvalue weighted by Crippen LogP contribution is -2.28. The highest BCUT2D eigenvalue weighted by atomic mass is 32.2. The smallest absolute Gasteiger partial charge is 0.296 e. The molecule has 20 heteroatoms. The van der Waals surface area contributed by atoms with Crippen LogP contribution >= 0.6 is 0 Å². The van der Waals surface area contributed by atoms with Gasteiger partial charge in [0.1, 0.15) is 15.5 Å². The summed E-state index contributed by atoms with van der Waals surface area (Å²) in [4.78, 5) is 24.5. The number of nitrogens with zero attached hydrogens (tertiary/aromatic N) is 2. The number of hydrazone groups is 2. The second-order valence-corrected chi connectivity index (χ2v) is 16.3. The molecule has 0 bridgehead atoms. The van der Waals surface area contributed by atoms with E-state index in [0.717, 1.165) is 41.0 Å². The first-order valence-corrected chi connectivity index (χ1v) is 19.6. The first-order valence-electron chi connectivity index (χ1n) is 15.3. The van der Waals surface area contributed by atoms with Crippen molar-refractivity contribution in [3.05, 3.63) is 105 Å². The average Bonchev–Trinajstić information content (AvgIpc) is 3.06. The number of carbonyl (C=O) groups excluding carboxylic acids is 2. The number of fused-ring (bicyclic) bond motifs is 2. The Morgan fingerprint density at radius 3 is 1.76 bits per heavy atom. The van der Waals surface area contributed by atoms with Gasteiger partial charge in [-0.25, -0.2) is 0 Å². The van der Waals surface area contributed by atoms with E-state index in [1.807, 2.05) is 6.07 Å². The minimum absolute atomic E-state index is 0.0150. The van der Waals surface area contributed by atoms with E-state index in [1.165, 1.54) is 18.2 Å². The van der Waals surface area contributed by atoms with Gasteiger partial charge < -0.3 is 11.5 Å². The van der Waals surface area contributed by atoms with Crippen molar-refractivity contribution in [1.82, 2.24) is 0 Å². The van der Waals surface area contributed by atoms with Crippen LogP contribution in [0.4, 0.5) is 22.7 Å². The highest BCUT2D eigenvalue weighted by molar-refractivity contribution is 7.91. The number of Topliss-reactive ketones (excluding diaryl/α,β-unsaturated/α-hetero) is 2. The van der Waals surface area contributed by atoms with Crippen molar-refractivity contribution >= 4 is 88.2 Å². The van der Waals surface area contributed by atoms with Gasteiger partial charge in [0.05, 0.1) is 27.4 Å². The zero-order valence-electron chi connectivity index (χ0n) is 27.9. The lowest BCUT2D eigenvalue weighted by Gasteiger charge is -2.19. The maximum absolute atomic E-state index is 13.4. The van der Waals surface area contributed by atoms with Crippen molar-refractivity contribution in [3.8, 4) is 11.1 Å². The second kappa shape index (κ2) is 13.4. The molecule has 4 aromatic rings. The monoisotopic (exact) mass is 792 g/mol. The summed E-state index contributed by atoms with van der Waals surface area (Å²) in [5, 5.41) is 8.16. The number of anilines is 4. The van der Waals surface area contributed by atoms with Crippen molar-refractivity contribution in [2.45, 2.75) is 23.6 Å². The van der Waals surface area contributed by atoms with Gasteiger partial charge in [0.15, 0.2) is 5.71 Å². The summed E-state index contributed by atoms with van der Waals surface area (Å²) in [7, 11) is -14.4. The molecule has 278 valence electrons. The molecule has 0 aliphatic heterocycles. The third-order valence-electron chi connectivity index (χ3n) is 8.47. The number of aryl methyl sites for hydroxylation is 2. The van der Waals surface area contributed by atoms with Crippen LogP contribution in [-0.2, 0) is 30.4 Å². The van der Waals surface area contributed by atoms with E-state index in [4.69, 9.17) is 11.5 Å². The Kier molecular flexibility index (Phi) is 9.38. The molecule has 54 heavy (non-hydrogen) atoms. The summed E-state index contributed by atoms with van der Waals surface area (Å²) in [6, 6.07) is 14.5. The van der Waals surface area contributed by atoms with Gasteiger partial charge in [-0.2, -0.15) is 35.5 Å². The van der Waals surface area contributed by atoms with Crippen LogP contribution in [0.5, 0.6) is 0 Å². The van der Waals surface area contributed by atoms with Crippen molar-refractivity contribution in [2.75, 3.05) is 22.3 Å². The summed E-state index contributed by atoms with van der Waals surface area (Å²) in [5.74, 6) is -1.67. The van der Waals surface area contributed by atoms with Crippen LogP contribution < -0.4 is 22.3 Å². The quantitative estimate of drug-likeness (QED) is 0.0747. The highest BCUT2D eigenvalue weighted by Gasteiger charge is 2.35. The van der Waals surface area contributed by atoms with E-state index >= 15 is 0 Å². The normalized spacial score (nSPS) is 15.9. The molecule has 0 radical (unpaired) electrons. The molecule has 0 saturated carbocycles. The summed E-state index contributed by atoms with van der Waals surface area (Å²) in [6.45, 7) is 3.51. The Labute approximate surface area is 308 Å². The lowest BCUT2D eigenvalue weighted by molar-refractivity contribution is 0.105. The van der Waals surface area contributed by atoms with Crippen LogP contribution in [0.3, 0.4) is 0 Å². The molecule has 2 aliphatic rings. The largest absolute Gasteiger partial charge is 0.398 e. The fourth-order valence-electron chi connectivity index (χ4n) is 5.82. The molecule has 0 fully saturated rings. The van der Waals surface area contributed by atoms with Crippen LogP contribution in [0, 0.1) is 13.8 Å². The molecule has 6 rings (SSSR count). The number of allylic oxidation sites excluding steroid dienone is 2. The molecule has 0 saturated heterocycles. The van der Waals surface area contributed by atoms with Crippen LogP contribution in [0.25, 0.3) is 23.3 Å². The number of hydrogen-bond donors (Lipinski definition) is 7. The van der Waals surface area contributed by atoms with Crippen molar-refractivity contribution in [1.29, 1.82) is 0 Å². The fourth-order valence-corrected chi connectivity index (χ4v) is 7.71. The van der Waals surface area contributed by atoms with Crippen molar-refractivity contribution in [2.24, 2.45) is 10.2 Å². The van der Waals surface area contributed by atoms with E-state index in [0.29, 0.717) is 16.9 Å². The van der Waals surface area contributed by atoms with Gasteiger partial charge in [-0.1, -0.05) is 18.2 Å². The Hall–Kier alpha value is -6.03. The van der Waals surface area contributed by atoms with Crippen molar-refractivity contribution < 1.29 is 48.5 Å². The third-order valence-corrected chi connectivity index (χ3v) is 11.1. The molecule has 17 nitrogen and oxygen atoms in total. The van der Waals surface area contributed by atoms with Crippen LogP contribution in [-0.4, -0.2) is 61.9 Å². The second-order valence-electron chi connectivity index (χ2n) is 12.1. The Morgan fingerprint density at radius 2 is 1.22 bits per heavy atom. The number of carbonyl (C=O) groups is 2. The molecule has 0 amide bonds. The fraction of sp³-hybridized carbons (Fsp3) is 0.0588. The maximum Gasteiger partial charge on any atom is 0.296 e. The van der Waals surface area contributed by atoms with E-state index in [2.05, 4.69) is 21.1 Å². The van der Waals surface area contributed by atoms with E-state index in [1.54, 1.807) is 44.2 Å².